The largest absolute Gasteiger partial charge is 0.366 e. The molecule has 0 aliphatic carbocycles. The van der Waals surface area contributed by atoms with Gasteiger partial charge in [0, 0.05) is 33.5 Å². The van der Waals surface area contributed by atoms with Gasteiger partial charge in [-0.25, -0.2) is 0 Å². The molecular weight excluding hydrogens is 194 g/mol. The fourth-order valence-electron chi connectivity index (χ4n) is 1.90. The van der Waals surface area contributed by atoms with Gasteiger partial charge in [-0.3, -0.25) is 10.3 Å². The molecule has 0 saturated carbocycles. The van der Waals surface area contributed by atoms with Crippen molar-refractivity contribution in [3.05, 3.63) is 11.8 Å². The highest BCUT2D eigenvalue weighted by Gasteiger charge is 2.27. The predicted octanol–water partition coefficient (Wildman–Crippen LogP) is -0.195. The Bertz CT molecular complexity index is 274. The number of aliphatic imine (C=N–C) groups is 1. The number of allylic oxidation sites excluding steroid dienone is 1. The van der Waals surface area contributed by atoms with Crippen molar-refractivity contribution >= 4 is 6.21 Å². The van der Waals surface area contributed by atoms with Crippen molar-refractivity contribution < 1.29 is 9.47 Å². The normalized spacial score (nSPS) is 24.6. The monoisotopic (exact) mass is 211 g/mol. The fourth-order valence-corrected chi connectivity index (χ4v) is 1.90. The summed E-state index contributed by atoms with van der Waals surface area (Å²) in [6.45, 7) is 2.66. The Morgan fingerprint density at radius 3 is 3.13 bits per heavy atom. The molecule has 0 spiro atoms. The summed E-state index contributed by atoms with van der Waals surface area (Å²) in [5.41, 5.74) is 1.21. The van der Waals surface area contributed by atoms with Crippen LogP contribution in [-0.4, -0.2) is 57.4 Å². The molecule has 5 heteroatoms. The first-order valence-electron chi connectivity index (χ1n) is 5.12. The van der Waals surface area contributed by atoms with Gasteiger partial charge in [-0.15, -0.1) is 0 Å². The van der Waals surface area contributed by atoms with Crippen LogP contribution in [0.5, 0.6) is 0 Å². The number of ether oxygens (including phenoxy) is 2. The summed E-state index contributed by atoms with van der Waals surface area (Å²) in [6, 6.07) is 0. The van der Waals surface area contributed by atoms with E-state index in [0.29, 0.717) is 0 Å². The van der Waals surface area contributed by atoms with E-state index in [1.807, 2.05) is 12.3 Å². The lowest BCUT2D eigenvalue weighted by Crippen LogP contribution is -2.49. The summed E-state index contributed by atoms with van der Waals surface area (Å²) in [7, 11) is 3.32. The number of nitrogens with one attached hydrogen (secondary N) is 1. The number of piperazine rings is 1. The molecule has 0 aromatic carbocycles. The number of methoxy groups -OCH3 is 2. The lowest BCUT2D eigenvalue weighted by Gasteiger charge is -2.35. The van der Waals surface area contributed by atoms with E-state index < -0.39 is 0 Å². The Morgan fingerprint density at radius 2 is 2.40 bits per heavy atom. The minimum Gasteiger partial charge on any atom is -0.366 e. The van der Waals surface area contributed by atoms with Crippen LogP contribution in [0.2, 0.25) is 0 Å². The highest BCUT2D eigenvalue weighted by atomic mass is 16.7. The Hall–Kier alpha value is -0.910. The molecule has 1 N–H and O–H groups in total. The van der Waals surface area contributed by atoms with Crippen molar-refractivity contribution in [2.45, 2.75) is 12.5 Å². The van der Waals surface area contributed by atoms with E-state index in [4.69, 9.17) is 9.47 Å². The Kier molecular flexibility index (Phi) is 3.35. The Labute approximate surface area is 89.8 Å². The first-order chi connectivity index (χ1) is 7.35. The van der Waals surface area contributed by atoms with Crippen LogP contribution < -0.4 is 5.32 Å². The maximum Gasteiger partial charge on any atom is 0.174 e. The lowest BCUT2D eigenvalue weighted by molar-refractivity contribution is -0.114. The van der Waals surface area contributed by atoms with E-state index in [-0.39, 0.29) is 12.5 Å². The molecule has 0 bridgehead atoms. The van der Waals surface area contributed by atoms with Crippen LogP contribution in [0.4, 0.5) is 0 Å². The van der Waals surface area contributed by atoms with Crippen LogP contribution in [0.3, 0.4) is 0 Å². The SMILES string of the molecule is COC(CN1CCNC2N=CC=C21)OC. The summed E-state index contributed by atoms with van der Waals surface area (Å²) < 4.78 is 10.4. The molecule has 1 atom stereocenters. The van der Waals surface area contributed by atoms with Gasteiger partial charge in [-0.1, -0.05) is 0 Å². The molecule has 1 unspecified atom stereocenters. The highest BCUT2D eigenvalue weighted by Crippen LogP contribution is 2.18. The van der Waals surface area contributed by atoms with Crippen LogP contribution in [0, 0.1) is 0 Å². The highest BCUT2D eigenvalue weighted by molar-refractivity contribution is 5.75. The van der Waals surface area contributed by atoms with Crippen molar-refractivity contribution in [1.82, 2.24) is 10.2 Å². The van der Waals surface area contributed by atoms with E-state index in [1.165, 1.54) is 5.70 Å². The van der Waals surface area contributed by atoms with Gasteiger partial charge in [0.2, 0.25) is 0 Å². The van der Waals surface area contributed by atoms with Crippen molar-refractivity contribution in [3.8, 4) is 0 Å². The van der Waals surface area contributed by atoms with Crippen molar-refractivity contribution in [1.29, 1.82) is 0 Å². The van der Waals surface area contributed by atoms with Crippen LogP contribution in [0.15, 0.2) is 16.8 Å². The fraction of sp³-hybridized carbons (Fsp3) is 0.700. The number of hydrogen-bond acceptors (Lipinski definition) is 5. The minimum atomic E-state index is -0.176. The number of rotatable bonds is 4. The lowest BCUT2D eigenvalue weighted by atomic mass is 10.2. The first-order valence-corrected chi connectivity index (χ1v) is 5.12. The summed E-state index contributed by atoms with van der Waals surface area (Å²) in [6.07, 6.45) is 3.84. The predicted molar refractivity (Wildman–Crippen MR) is 57.7 cm³/mol. The Balaban J connectivity index is 1.97. The van der Waals surface area contributed by atoms with Crippen LogP contribution in [0.1, 0.15) is 0 Å². The third-order valence-electron chi connectivity index (χ3n) is 2.74. The van der Waals surface area contributed by atoms with Gasteiger partial charge in [-0.05, 0) is 6.08 Å². The van der Waals surface area contributed by atoms with E-state index >= 15 is 0 Å². The third kappa shape index (κ3) is 2.19. The van der Waals surface area contributed by atoms with Crippen LogP contribution in [-0.2, 0) is 9.47 Å². The summed E-state index contributed by atoms with van der Waals surface area (Å²) >= 11 is 0. The molecule has 0 aromatic rings. The first kappa shape index (κ1) is 10.6. The summed E-state index contributed by atoms with van der Waals surface area (Å²) in [5, 5.41) is 3.33. The summed E-state index contributed by atoms with van der Waals surface area (Å²) in [5.74, 6) is 0. The number of hydrogen-bond donors (Lipinski definition) is 1. The molecule has 84 valence electrons. The van der Waals surface area contributed by atoms with Gasteiger partial charge in [0.15, 0.2) is 6.29 Å². The van der Waals surface area contributed by atoms with Crippen molar-refractivity contribution in [2.24, 2.45) is 4.99 Å². The molecule has 0 aromatic heterocycles. The average Bonchev–Trinajstić information content (AvgIpc) is 2.74. The van der Waals surface area contributed by atoms with E-state index in [1.54, 1.807) is 14.2 Å². The maximum absolute atomic E-state index is 5.20. The molecule has 1 saturated heterocycles. The molecular formula is C10H17N3O2. The van der Waals surface area contributed by atoms with Gasteiger partial charge in [-0.2, -0.15) is 0 Å². The van der Waals surface area contributed by atoms with Gasteiger partial charge >= 0.3 is 0 Å². The molecule has 15 heavy (non-hydrogen) atoms. The van der Waals surface area contributed by atoms with E-state index in [9.17, 15) is 0 Å². The van der Waals surface area contributed by atoms with Gasteiger partial charge in [0.05, 0.1) is 12.2 Å². The zero-order valence-corrected chi connectivity index (χ0v) is 9.14. The van der Waals surface area contributed by atoms with Gasteiger partial charge in [0.1, 0.15) is 6.17 Å². The standard InChI is InChI=1S/C10H17N3O2/c1-14-9(15-2)7-13-6-5-12-10-8(13)3-4-11-10/h3-4,9-10,12H,5-7H2,1-2H3. The van der Waals surface area contributed by atoms with Gasteiger partial charge < -0.3 is 14.4 Å². The smallest absolute Gasteiger partial charge is 0.174 e. The molecule has 2 aliphatic heterocycles. The van der Waals surface area contributed by atoms with Crippen LogP contribution in [0.25, 0.3) is 0 Å². The molecule has 2 aliphatic rings. The molecule has 2 rings (SSSR count). The average molecular weight is 211 g/mol. The van der Waals surface area contributed by atoms with Crippen molar-refractivity contribution in [2.75, 3.05) is 33.9 Å². The zero-order valence-electron chi connectivity index (χ0n) is 9.14. The molecule has 2 heterocycles. The molecule has 0 amide bonds. The second-order valence-electron chi connectivity index (χ2n) is 3.59. The maximum atomic E-state index is 5.20. The van der Waals surface area contributed by atoms with Crippen LogP contribution >= 0.6 is 0 Å². The van der Waals surface area contributed by atoms with Crippen molar-refractivity contribution in [3.63, 3.8) is 0 Å². The van der Waals surface area contributed by atoms with E-state index in [0.717, 1.165) is 19.6 Å². The molecule has 5 nitrogen and oxygen atoms in total. The molecule has 1 fully saturated rings. The van der Waals surface area contributed by atoms with Gasteiger partial charge in [0.25, 0.3) is 0 Å². The third-order valence-corrected chi connectivity index (χ3v) is 2.74. The number of nitrogens with zero attached hydrogens (tertiary/aromatic N) is 2. The quantitative estimate of drug-likeness (QED) is 0.654. The Morgan fingerprint density at radius 1 is 1.60 bits per heavy atom. The minimum absolute atomic E-state index is 0.133. The van der Waals surface area contributed by atoms with E-state index in [2.05, 4.69) is 15.2 Å². The molecule has 0 radical (unpaired) electrons. The summed E-state index contributed by atoms with van der Waals surface area (Å²) in [4.78, 5) is 6.57. The topological polar surface area (TPSA) is 46.1 Å². The number of fused-ring (bicyclic) bond motifs is 1. The second-order valence-corrected chi connectivity index (χ2v) is 3.59. The second kappa shape index (κ2) is 4.74. The zero-order chi connectivity index (χ0) is 10.7.